The summed E-state index contributed by atoms with van der Waals surface area (Å²) in [6.45, 7) is 3.87. The van der Waals surface area contributed by atoms with Crippen molar-refractivity contribution in [1.82, 2.24) is 20.8 Å². The second kappa shape index (κ2) is 9.93. The van der Waals surface area contributed by atoms with Crippen LogP contribution in [0.4, 0.5) is 0 Å². The molecule has 6 nitrogen and oxygen atoms in total. The Labute approximate surface area is 188 Å². The van der Waals surface area contributed by atoms with Crippen LogP contribution in [0.3, 0.4) is 0 Å². The Balaban J connectivity index is 1.55. The Morgan fingerprint density at radius 1 is 0.933 bits per heavy atom. The molecule has 1 heterocycles. The standard InChI is InChI=1S/C21H18Cl2N4O2S/c1-12-10-13(2)25-21(24-12)30-11-14-6-8-15(9-7-14)19(28)26-27-20(29)16-4-3-5-17(22)18(16)23/h3-10H,11H2,1-2H3,(H,26,28)(H,27,29). The Morgan fingerprint density at radius 2 is 1.57 bits per heavy atom. The number of nitrogens with one attached hydrogen (secondary N) is 2. The molecule has 30 heavy (non-hydrogen) atoms. The molecule has 0 aliphatic carbocycles. The summed E-state index contributed by atoms with van der Waals surface area (Å²) in [5, 5.41) is 1.10. The normalized spacial score (nSPS) is 10.5. The second-order valence-corrected chi connectivity index (χ2v) is 8.16. The lowest BCUT2D eigenvalue weighted by molar-refractivity contribution is 0.0847. The molecule has 2 N–H and O–H groups in total. The van der Waals surface area contributed by atoms with Gasteiger partial charge in [-0.15, -0.1) is 0 Å². The van der Waals surface area contributed by atoms with Crippen molar-refractivity contribution in [3.8, 4) is 0 Å². The Morgan fingerprint density at radius 3 is 2.23 bits per heavy atom. The number of aromatic nitrogens is 2. The van der Waals surface area contributed by atoms with E-state index in [1.165, 1.54) is 17.8 Å². The van der Waals surface area contributed by atoms with E-state index in [0.29, 0.717) is 11.3 Å². The Kier molecular flexibility index (Phi) is 7.31. The lowest BCUT2D eigenvalue weighted by Gasteiger charge is -2.09. The van der Waals surface area contributed by atoms with Gasteiger partial charge in [0.05, 0.1) is 15.6 Å². The van der Waals surface area contributed by atoms with Gasteiger partial charge in [0.15, 0.2) is 5.16 Å². The number of thioether (sulfide) groups is 1. The van der Waals surface area contributed by atoms with E-state index in [4.69, 9.17) is 23.2 Å². The van der Waals surface area contributed by atoms with E-state index in [0.717, 1.165) is 22.1 Å². The van der Waals surface area contributed by atoms with E-state index in [2.05, 4.69) is 20.8 Å². The fourth-order valence-electron chi connectivity index (χ4n) is 2.59. The zero-order valence-electron chi connectivity index (χ0n) is 16.2. The van der Waals surface area contributed by atoms with Gasteiger partial charge in [-0.2, -0.15) is 0 Å². The fraction of sp³-hybridized carbons (Fsp3) is 0.143. The maximum absolute atomic E-state index is 12.3. The molecule has 0 saturated heterocycles. The van der Waals surface area contributed by atoms with Crippen molar-refractivity contribution < 1.29 is 9.59 Å². The van der Waals surface area contributed by atoms with Crippen molar-refractivity contribution in [2.75, 3.05) is 0 Å². The van der Waals surface area contributed by atoms with Gasteiger partial charge in [0, 0.05) is 22.7 Å². The molecular weight excluding hydrogens is 443 g/mol. The zero-order valence-corrected chi connectivity index (χ0v) is 18.5. The average molecular weight is 461 g/mol. The highest BCUT2D eigenvalue weighted by Gasteiger charge is 2.14. The van der Waals surface area contributed by atoms with Crippen LogP contribution in [-0.4, -0.2) is 21.8 Å². The van der Waals surface area contributed by atoms with Crippen molar-refractivity contribution in [1.29, 1.82) is 0 Å². The molecule has 0 atom stereocenters. The van der Waals surface area contributed by atoms with E-state index in [9.17, 15) is 9.59 Å². The van der Waals surface area contributed by atoms with Gasteiger partial charge in [-0.3, -0.25) is 20.4 Å². The highest BCUT2D eigenvalue weighted by atomic mass is 35.5. The van der Waals surface area contributed by atoms with Gasteiger partial charge in [-0.1, -0.05) is 53.2 Å². The number of nitrogens with zero attached hydrogens (tertiary/aromatic N) is 2. The lowest BCUT2D eigenvalue weighted by Crippen LogP contribution is -2.41. The summed E-state index contributed by atoms with van der Waals surface area (Å²) in [6, 6.07) is 13.7. The first kappa shape index (κ1) is 22.1. The zero-order chi connectivity index (χ0) is 21.7. The first-order chi connectivity index (χ1) is 14.3. The van der Waals surface area contributed by atoms with Crippen LogP contribution >= 0.6 is 35.0 Å². The van der Waals surface area contributed by atoms with E-state index in [1.807, 2.05) is 32.0 Å². The number of amides is 2. The van der Waals surface area contributed by atoms with E-state index >= 15 is 0 Å². The molecule has 0 aliphatic rings. The van der Waals surface area contributed by atoms with Gasteiger partial charge in [0.2, 0.25) is 0 Å². The third-order valence-corrected chi connectivity index (χ3v) is 5.77. The molecule has 2 aromatic carbocycles. The van der Waals surface area contributed by atoms with Crippen molar-refractivity contribution in [3.05, 3.63) is 86.7 Å². The molecule has 1 aromatic heterocycles. The van der Waals surface area contributed by atoms with E-state index in [-0.39, 0.29) is 15.6 Å². The van der Waals surface area contributed by atoms with Crippen molar-refractivity contribution in [2.24, 2.45) is 0 Å². The number of hydrazine groups is 1. The number of carbonyl (C=O) groups excluding carboxylic acids is 2. The third kappa shape index (κ3) is 5.72. The van der Waals surface area contributed by atoms with Gasteiger partial charge in [0.25, 0.3) is 11.8 Å². The minimum absolute atomic E-state index is 0.126. The molecule has 3 rings (SSSR count). The molecule has 0 spiro atoms. The number of halogens is 2. The summed E-state index contributed by atoms with van der Waals surface area (Å²) in [5.41, 5.74) is 8.16. The number of benzene rings is 2. The predicted molar refractivity (Wildman–Crippen MR) is 119 cm³/mol. The van der Waals surface area contributed by atoms with Gasteiger partial charge in [-0.25, -0.2) is 9.97 Å². The summed E-state index contributed by atoms with van der Waals surface area (Å²) < 4.78 is 0. The molecule has 0 bridgehead atoms. The Hall–Kier alpha value is -2.61. The quantitative estimate of drug-likeness (QED) is 0.325. The van der Waals surface area contributed by atoms with E-state index in [1.54, 1.807) is 24.3 Å². The monoisotopic (exact) mass is 460 g/mol. The fourth-order valence-corrected chi connectivity index (χ4v) is 3.88. The largest absolute Gasteiger partial charge is 0.271 e. The van der Waals surface area contributed by atoms with Crippen LogP contribution < -0.4 is 10.9 Å². The van der Waals surface area contributed by atoms with Crippen LogP contribution in [0.2, 0.25) is 10.0 Å². The highest BCUT2D eigenvalue weighted by molar-refractivity contribution is 7.98. The van der Waals surface area contributed by atoms with Crippen molar-refractivity contribution in [3.63, 3.8) is 0 Å². The molecule has 0 radical (unpaired) electrons. The van der Waals surface area contributed by atoms with Gasteiger partial charge in [-0.05, 0) is 49.7 Å². The minimum atomic E-state index is -0.558. The number of aryl methyl sites for hydroxylation is 2. The van der Waals surface area contributed by atoms with Crippen molar-refractivity contribution in [2.45, 2.75) is 24.8 Å². The van der Waals surface area contributed by atoms with Crippen LogP contribution in [0.25, 0.3) is 0 Å². The van der Waals surface area contributed by atoms with Crippen molar-refractivity contribution >= 4 is 46.8 Å². The van der Waals surface area contributed by atoms with Crippen LogP contribution in [0.5, 0.6) is 0 Å². The summed E-state index contributed by atoms with van der Waals surface area (Å²) in [6.07, 6.45) is 0. The molecule has 9 heteroatoms. The van der Waals surface area contributed by atoms with Gasteiger partial charge in [0.1, 0.15) is 0 Å². The Bertz CT molecular complexity index is 1070. The SMILES string of the molecule is Cc1cc(C)nc(SCc2ccc(C(=O)NNC(=O)c3cccc(Cl)c3Cl)cc2)n1. The molecule has 0 saturated carbocycles. The van der Waals surface area contributed by atoms with E-state index < -0.39 is 11.8 Å². The molecule has 154 valence electrons. The lowest BCUT2D eigenvalue weighted by atomic mass is 10.1. The summed E-state index contributed by atoms with van der Waals surface area (Å²) in [7, 11) is 0. The van der Waals surface area contributed by atoms with Gasteiger partial charge >= 0.3 is 0 Å². The number of hydrogen-bond acceptors (Lipinski definition) is 5. The first-order valence-corrected chi connectivity index (χ1v) is 10.7. The molecular formula is C21H18Cl2N4O2S. The molecule has 3 aromatic rings. The molecule has 0 fully saturated rings. The number of hydrogen-bond donors (Lipinski definition) is 2. The summed E-state index contributed by atoms with van der Waals surface area (Å²) in [5.74, 6) is -0.329. The van der Waals surface area contributed by atoms with Gasteiger partial charge < -0.3 is 0 Å². The molecule has 0 aliphatic heterocycles. The summed E-state index contributed by atoms with van der Waals surface area (Å²) in [4.78, 5) is 33.3. The maximum Gasteiger partial charge on any atom is 0.271 e. The summed E-state index contributed by atoms with van der Waals surface area (Å²) >= 11 is 13.4. The van der Waals surface area contributed by atoms with Crippen LogP contribution in [-0.2, 0) is 5.75 Å². The minimum Gasteiger partial charge on any atom is -0.267 e. The molecule has 2 amide bonds. The van der Waals surface area contributed by atoms with Crippen LogP contribution in [0, 0.1) is 13.8 Å². The number of rotatable bonds is 5. The number of carbonyl (C=O) groups is 2. The molecule has 0 unspecified atom stereocenters. The maximum atomic E-state index is 12.3. The van der Waals surface area contributed by atoms with Crippen LogP contribution in [0.1, 0.15) is 37.7 Å². The topological polar surface area (TPSA) is 84.0 Å². The average Bonchev–Trinajstić information content (AvgIpc) is 2.72. The predicted octanol–water partition coefficient (Wildman–Crippen LogP) is 4.77. The first-order valence-electron chi connectivity index (χ1n) is 8.92. The highest BCUT2D eigenvalue weighted by Crippen LogP contribution is 2.25. The third-order valence-electron chi connectivity index (χ3n) is 4.03. The van der Waals surface area contributed by atoms with Crippen LogP contribution in [0.15, 0.2) is 53.7 Å². The second-order valence-electron chi connectivity index (χ2n) is 6.43. The smallest absolute Gasteiger partial charge is 0.267 e.